The van der Waals surface area contributed by atoms with E-state index in [2.05, 4.69) is 11.9 Å². The van der Waals surface area contributed by atoms with Crippen LogP contribution in [0.4, 0.5) is 0 Å². The number of carbonyl (C=O) groups is 2. The predicted molar refractivity (Wildman–Crippen MR) is 64.7 cm³/mol. The van der Waals surface area contributed by atoms with Crippen LogP contribution in [0.5, 0.6) is 0 Å². The molecule has 1 aliphatic rings. The highest BCUT2D eigenvalue weighted by Gasteiger charge is 2.40. The molecule has 0 aromatic carbocycles. The SMILES string of the molecule is CN1CCC(N(C)C(=O)C(C)(C)C(=O)O)CC1. The van der Waals surface area contributed by atoms with E-state index in [-0.39, 0.29) is 11.9 Å². The minimum absolute atomic E-state index is 0.164. The van der Waals surface area contributed by atoms with Crippen LogP contribution in [-0.2, 0) is 9.59 Å². The van der Waals surface area contributed by atoms with Gasteiger partial charge in [-0.15, -0.1) is 0 Å². The van der Waals surface area contributed by atoms with E-state index in [4.69, 9.17) is 5.11 Å². The summed E-state index contributed by atoms with van der Waals surface area (Å²) < 4.78 is 0. The third-order valence-electron chi connectivity index (χ3n) is 3.63. The maximum absolute atomic E-state index is 12.1. The van der Waals surface area contributed by atoms with Crippen molar-refractivity contribution in [3.63, 3.8) is 0 Å². The van der Waals surface area contributed by atoms with Gasteiger partial charge in [0.2, 0.25) is 5.91 Å². The van der Waals surface area contributed by atoms with Crippen molar-refractivity contribution in [1.29, 1.82) is 0 Å². The molecule has 0 atom stereocenters. The Labute approximate surface area is 102 Å². The molecule has 98 valence electrons. The molecule has 0 bridgehead atoms. The van der Waals surface area contributed by atoms with E-state index < -0.39 is 11.4 Å². The number of amides is 1. The molecule has 1 fully saturated rings. The van der Waals surface area contributed by atoms with Crippen molar-refractivity contribution in [2.75, 3.05) is 27.2 Å². The molecule has 0 unspecified atom stereocenters. The quantitative estimate of drug-likeness (QED) is 0.738. The van der Waals surface area contributed by atoms with Crippen LogP contribution in [0, 0.1) is 5.41 Å². The zero-order chi connectivity index (χ0) is 13.2. The van der Waals surface area contributed by atoms with Gasteiger partial charge >= 0.3 is 5.97 Å². The minimum atomic E-state index is -1.34. The Hall–Kier alpha value is -1.10. The highest BCUT2D eigenvalue weighted by molar-refractivity contribution is 6.00. The summed E-state index contributed by atoms with van der Waals surface area (Å²) in [5.41, 5.74) is -1.34. The second kappa shape index (κ2) is 5.04. The topological polar surface area (TPSA) is 60.9 Å². The standard InChI is InChI=1S/C12H22N2O3/c1-12(2,11(16)17)10(15)14(4)9-5-7-13(3)8-6-9/h9H,5-8H2,1-4H3,(H,16,17). The second-order valence-electron chi connectivity index (χ2n) is 5.38. The Morgan fingerprint density at radius 1 is 1.29 bits per heavy atom. The Balaban J connectivity index is 2.67. The van der Waals surface area contributed by atoms with E-state index in [0.29, 0.717) is 0 Å². The first-order chi connectivity index (χ1) is 7.76. The maximum atomic E-state index is 12.1. The molecule has 0 radical (unpaired) electrons. The number of likely N-dealkylation sites (tertiary alicyclic amines) is 1. The lowest BCUT2D eigenvalue weighted by molar-refractivity contribution is -0.159. The molecule has 5 heteroatoms. The number of piperidine rings is 1. The largest absolute Gasteiger partial charge is 0.480 e. The van der Waals surface area contributed by atoms with E-state index >= 15 is 0 Å². The van der Waals surface area contributed by atoms with Crippen molar-refractivity contribution in [2.24, 2.45) is 5.41 Å². The molecule has 0 saturated carbocycles. The monoisotopic (exact) mass is 242 g/mol. The molecule has 1 heterocycles. The Bertz CT molecular complexity index is 307. The first-order valence-corrected chi connectivity index (χ1v) is 5.96. The van der Waals surface area contributed by atoms with Gasteiger partial charge in [-0.05, 0) is 46.8 Å². The van der Waals surface area contributed by atoms with Gasteiger partial charge in [-0.2, -0.15) is 0 Å². The first kappa shape index (κ1) is 14.0. The van der Waals surface area contributed by atoms with Crippen LogP contribution < -0.4 is 0 Å². The fourth-order valence-electron chi connectivity index (χ4n) is 2.08. The molecule has 5 nitrogen and oxygen atoms in total. The van der Waals surface area contributed by atoms with Gasteiger partial charge in [-0.25, -0.2) is 0 Å². The summed E-state index contributed by atoms with van der Waals surface area (Å²) in [4.78, 5) is 27.0. The van der Waals surface area contributed by atoms with Crippen LogP contribution in [0.1, 0.15) is 26.7 Å². The molecule has 1 saturated heterocycles. The molecule has 1 rings (SSSR count). The summed E-state index contributed by atoms with van der Waals surface area (Å²) in [6.45, 7) is 4.83. The fraction of sp³-hybridized carbons (Fsp3) is 0.833. The zero-order valence-corrected chi connectivity index (χ0v) is 11.1. The van der Waals surface area contributed by atoms with Gasteiger partial charge in [0.15, 0.2) is 0 Å². The molecule has 1 aliphatic heterocycles. The van der Waals surface area contributed by atoms with Gasteiger partial charge < -0.3 is 14.9 Å². The van der Waals surface area contributed by atoms with Crippen molar-refractivity contribution in [1.82, 2.24) is 9.80 Å². The number of carbonyl (C=O) groups excluding carboxylic acids is 1. The normalized spacial score (nSPS) is 19.1. The van der Waals surface area contributed by atoms with Crippen LogP contribution in [0.3, 0.4) is 0 Å². The van der Waals surface area contributed by atoms with Crippen molar-refractivity contribution < 1.29 is 14.7 Å². The van der Waals surface area contributed by atoms with Crippen LogP contribution in [-0.4, -0.2) is 60.0 Å². The summed E-state index contributed by atoms with van der Waals surface area (Å²) in [6.07, 6.45) is 1.82. The van der Waals surface area contributed by atoms with Crippen molar-refractivity contribution in [3.8, 4) is 0 Å². The number of nitrogens with zero attached hydrogens (tertiary/aromatic N) is 2. The van der Waals surface area contributed by atoms with Crippen molar-refractivity contribution in [2.45, 2.75) is 32.7 Å². The highest BCUT2D eigenvalue weighted by atomic mass is 16.4. The van der Waals surface area contributed by atoms with Gasteiger partial charge in [0, 0.05) is 13.1 Å². The van der Waals surface area contributed by atoms with Crippen molar-refractivity contribution in [3.05, 3.63) is 0 Å². The minimum Gasteiger partial charge on any atom is -0.480 e. The number of hydrogen-bond donors (Lipinski definition) is 1. The van der Waals surface area contributed by atoms with Gasteiger partial charge in [-0.1, -0.05) is 0 Å². The predicted octanol–water partition coefficient (Wildman–Crippen LogP) is 0.650. The van der Waals surface area contributed by atoms with Gasteiger partial charge in [0.1, 0.15) is 5.41 Å². The summed E-state index contributed by atoms with van der Waals surface area (Å²) >= 11 is 0. The van der Waals surface area contributed by atoms with Crippen LogP contribution in [0.25, 0.3) is 0 Å². The van der Waals surface area contributed by atoms with E-state index in [1.54, 1.807) is 11.9 Å². The van der Waals surface area contributed by atoms with E-state index in [1.165, 1.54) is 13.8 Å². The Morgan fingerprint density at radius 3 is 2.18 bits per heavy atom. The Morgan fingerprint density at radius 2 is 1.76 bits per heavy atom. The lowest BCUT2D eigenvalue weighted by atomic mass is 9.90. The summed E-state index contributed by atoms with van der Waals surface area (Å²) in [5.74, 6) is -1.37. The van der Waals surface area contributed by atoms with Gasteiger partial charge in [-0.3, -0.25) is 9.59 Å². The molecule has 0 aliphatic carbocycles. The number of rotatable bonds is 3. The second-order valence-corrected chi connectivity index (χ2v) is 5.38. The molecule has 0 aromatic rings. The fourth-order valence-corrected chi connectivity index (χ4v) is 2.08. The van der Waals surface area contributed by atoms with E-state index in [0.717, 1.165) is 25.9 Å². The number of aliphatic carboxylic acids is 1. The zero-order valence-electron chi connectivity index (χ0n) is 11.1. The highest BCUT2D eigenvalue weighted by Crippen LogP contribution is 2.23. The van der Waals surface area contributed by atoms with Crippen molar-refractivity contribution >= 4 is 11.9 Å². The number of carboxylic acid groups (broad SMARTS) is 1. The molecule has 0 spiro atoms. The lowest BCUT2D eigenvalue weighted by Gasteiger charge is -2.37. The third-order valence-corrected chi connectivity index (χ3v) is 3.63. The van der Waals surface area contributed by atoms with Crippen LogP contribution in [0.15, 0.2) is 0 Å². The maximum Gasteiger partial charge on any atom is 0.318 e. The average molecular weight is 242 g/mol. The van der Waals surface area contributed by atoms with E-state index in [9.17, 15) is 9.59 Å². The smallest absolute Gasteiger partial charge is 0.318 e. The molecular formula is C12H22N2O3. The molecule has 0 aromatic heterocycles. The number of carboxylic acids is 1. The number of hydrogen-bond acceptors (Lipinski definition) is 3. The average Bonchev–Trinajstić information content (AvgIpc) is 2.27. The molecule has 1 N–H and O–H groups in total. The van der Waals surface area contributed by atoms with Gasteiger partial charge in [0.25, 0.3) is 0 Å². The van der Waals surface area contributed by atoms with Crippen LogP contribution in [0.2, 0.25) is 0 Å². The van der Waals surface area contributed by atoms with Gasteiger partial charge in [0.05, 0.1) is 0 Å². The summed E-state index contributed by atoms with van der Waals surface area (Å²) in [7, 11) is 3.77. The molecule has 1 amide bonds. The summed E-state index contributed by atoms with van der Waals surface area (Å²) in [6, 6.07) is 0.164. The lowest BCUT2D eigenvalue weighted by Crippen LogP contribution is -2.50. The Kier molecular flexibility index (Phi) is 4.14. The van der Waals surface area contributed by atoms with E-state index in [1.807, 2.05) is 0 Å². The molecular weight excluding hydrogens is 220 g/mol. The third kappa shape index (κ3) is 2.97. The van der Waals surface area contributed by atoms with Crippen LogP contribution >= 0.6 is 0 Å². The molecule has 17 heavy (non-hydrogen) atoms. The summed E-state index contributed by atoms with van der Waals surface area (Å²) in [5, 5.41) is 9.05. The first-order valence-electron chi connectivity index (χ1n) is 5.96.